The summed E-state index contributed by atoms with van der Waals surface area (Å²) in [5.41, 5.74) is 11.7. The van der Waals surface area contributed by atoms with E-state index in [2.05, 4.69) is 37.2 Å². The summed E-state index contributed by atoms with van der Waals surface area (Å²) >= 11 is 0. The van der Waals surface area contributed by atoms with Crippen molar-refractivity contribution in [2.24, 2.45) is 11.5 Å². The number of nitrogens with two attached hydrogens (primary N) is 2. The second kappa shape index (κ2) is 44.6. The Morgan fingerprint density at radius 3 is 0.615 bits per heavy atom. The minimum atomic E-state index is -1.33. The maximum Gasteiger partial charge on any atom is 0.322 e. The molecule has 0 aromatic carbocycles. The number of carboxylic acids is 1. The molecule has 0 radical (unpaired) electrons. The van der Waals surface area contributed by atoms with E-state index in [1.165, 1.54) is 34.3 Å². The smallest absolute Gasteiger partial charge is 0.322 e. The molecule has 13 rings (SSSR count). The van der Waals surface area contributed by atoms with E-state index in [9.17, 15) is 131 Å². The first-order chi connectivity index (χ1) is 64.4. The average Bonchev–Trinajstić information content (AvgIpc) is 1.66. The van der Waals surface area contributed by atoms with Gasteiger partial charge in [0.1, 0.15) is 85.1 Å². The van der Waals surface area contributed by atoms with E-state index in [1.54, 1.807) is 0 Å². The van der Waals surface area contributed by atoms with Crippen LogP contribution in [-0.4, -0.2) is 482 Å². The van der Waals surface area contributed by atoms with Crippen LogP contribution in [0.1, 0.15) is 148 Å². The Morgan fingerprint density at radius 2 is 0.430 bits per heavy atom. The van der Waals surface area contributed by atoms with E-state index in [4.69, 9.17) is 16.6 Å². The normalized spacial score (nSPS) is 29.6. The Balaban J connectivity index is 0.536. The topological polar surface area (TPSA) is 678 Å². The van der Waals surface area contributed by atoms with Gasteiger partial charge in [-0.2, -0.15) is 0 Å². The molecule has 0 saturated carbocycles. The number of hydrogen-bond acceptors (Lipinski definition) is 29. The molecule has 0 unspecified atom stereocenters. The van der Waals surface area contributed by atoms with E-state index < -0.39 is 291 Å². The number of rotatable bonds is 32. The van der Waals surface area contributed by atoms with E-state index >= 15 is 0 Å². The highest BCUT2D eigenvalue weighted by molar-refractivity contribution is 6.02. The zero-order chi connectivity index (χ0) is 97.2. The molecule has 0 aromatic heterocycles. The van der Waals surface area contributed by atoms with Crippen LogP contribution in [0.4, 0.5) is 0 Å². The maximum atomic E-state index is 14.5. The fourth-order valence-corrected chi connectivity index (χ4v) is 21.6. The lowest BCUT2D eigenvalue weighted by molar-refractivity contribution is -0.148. The lowest BCUT2D eigenvalue weighted by Crippen LogP contribution is -2.57. The first kappa shape index (κ1) is 101. The second-order valence-corrected chi connectivity index (χ2v) is 37.3. The number of aliphatic hydroxyl groups excluding tert-OH is 6. The molecule has 13 saturated heterocycles. The summed E-state index contributed by atoms with van der Waals surface area (Å²) in [6, 6.07) is -16.2. The van der Waals surface area contributed by atoms with Crippen LogP contribution in [0.25, 0.3) is 0 Å². The standard InChI is InChI=1S/C85H126N22O28/c86-18-2-1-10-51(87)79(129)95-19-3-11-52(95)72(122)88-32-65(114)102-39-45(108)26-59(102)80(130)96-20-4-12-53(96)73(123)89-33-66(115)103-40-46(109)27-60(103)81(131)97-21-5-13-54(97)74(124)90-34-67(116)104-41-47(110)28-61(104)82(132)98-22-6-14-55(98)75(125)91-35-68(117)105-42-48(111)29-62(105)83(133)99-23-7-15-56(99)76(126)92-36-69(118)106-43-49(112)30-63(106)84(134)100-24-8-16-57(100)77(127)93-37-70(119)107-44-50(113)31-64(107)85(135)101-25-9-17-58(101)78(128)94-38-71(120)121/h45-64,108-113H,1-44,86-87H2,(H,88,122)(H,89,123)(H,90,124)(H,91,125)(H,92,126)(H,93,127)(H,94,128)(H,120,121)/t45-,46-,47-,48-,49-,50-,51+,52+,53+,54+,55+,56+,57+,58+,59+,60+,61+,62+,63+,64+/m1/s1. The van der Waals surface area contributed by atoms with Gasteiger partial charge in [-0.15, -0.1) is 0 Å². The number of amides is 20. The highest BCUT2D eigenvalue weighted by Gasteiger charge is 2.54. The van der Waals surface area contributed by atoms with Gasteiger partial charge >= 0.3 is 5.97 Å². The van der Waals surface area contributed by atoms with Crippen molar-refractivity contribution in [1.29, 1.82) is 0 Å². The molecule has 50 nitrogen and oxygen atoms in total. The molecule has 13 fully saturated rings. The largest absolute Gasteiger partial charge is 0.480 e. The molecule has 20 atom stereocenters. The Bertz CT molecular complexity index is 4520. The number of nitrogens with one attached hydrogen (secondary N) is 7. The van der Waals surface area contributed by atoms with Crippen LogP contribution in [0.2, 0.25) is 0 Å². The average molecular weight is 1900 g/mol. The fraction of sp³-hybridized carbons (Fsp3) is 0.753. The van der Waals surface area contributed by atoms with E-state index in [1.807, 2.05) is 0 Å². The molecule has 50 heteroatoms. The molecular weight excluding hydrogens is 1780 g/mol. The van der Waals surface area contributed by atoms with Gasteiger partial charge in [0, 0.05) is 124 Å². The second-order valence-electron chi connectivity index (χ2n) is 37.3. The molecule has 20 amide bonds. The summed E-state index contributed by atoms with van der Waals surface area (Å²) in [7, 11) is 0. The Hall–Kier alpha value is -11.4. The quantitative estimate of drug-likeness (QED) is 0.0278. The van der Waals surface area contributed by atoms with Crippen molar-refractivity contribution < 1.29 is 136 Å². The summed E-state index contributed by atoms with van der Waals surface area (Å²) in [4.78, 5) is 305. The lowest BCUT2D eigenvalue weighted by Gasteiger charge is -2.32. The van der Waals surface area contributed by atoms with Gasteiger partial charge in [-0.25, -0.2) is 0 Å². The molecule has 0 spiro atoms. The van der Waals surface area contributed by atoms with Crippen molar-refractivity contribution in [3.05, 3.63) is 0 Å². The van der Waals surface area contributed by atoms with Crippen molar-refractivity contribution in [3.63, 3.8) is 0 Å². The van der Waals surface area contributed by atoms with Crippen molar-refractivity contribution in [3.8, 4) is 0 Å². The Labute approximate surface area is 776 Å². The summed E-state index contributed by atoms with van der Waals surface area (Å²) in [6.07, 6.45) is -2.91. The summed E-state index contributed by atoms with van der Waals surface area (Å²) < 4.78 is 0. The summed E-state index contributed by atoms with van der Waals surface area (Å²) in [6.45, 7) is -5.47. The molecule has 13 aliphatic heterocycles. The highest BCUT2D eigenvalue weighted by Crippen LogP contribution is 2.34. The molecular formula is C85H126N22O28. The molecule has 13 heterocycles. The number of nitrogens with zero attached hydrogens (tertiary/aromatic N) is 13. The maximum absolute atomic E-state index is 14.5. The fourth-order valence-electron chi connectivity index (χ4n) is 21.6. The number of hydrogen-bond donors (Lipinski definition) is 16. The van der Waals surface area contributed by atoms with Crippen molar-refractivity contribution >= 4 is 124 Å². The lowest BCUT2D eigenvalue weighted by atomic mass is 10.1. The van der Waals surface area contributed by atoms with E-state index in [0.29, 0.717) is 83.7 Å². The summed E-state index contributed by atoms with van der Waals surface area (Å²) in [5.74, 6) is -15.6. The number of carbonyl (C=O) groups is 21. The van der Waals surface area contributed by atoms with Gasteiger partial charge < -0.3 is 148 Å². The van der Waals surface area contributed by atoms with Crippen LogP contribution in [0.5, 0.6) is 0 Å². The predicted molar refractivity (Wildman–Crippen MR) is 459 cm³/mol. The van der Waals surface area contributed by atoms with Crippen LogP contribution in [0.15, 0.2) is 0 Å². The third-order valence-corrected chi connectivity index (χ3v) is 28.4. The van der Waals surface area contributed by atoms with Crippen LogP contribution in [0, 0.1) is 0 Å². The molecule has 18 N–H and O–H groups in total. The van der Waals surface area contributed by atoms with Gasteiger partial charge in [0.15, 0.2) is 0 Å². The van der Waals surface area contributed by atoms with Crippen molar-refractivity contribution in [2.75, 3.05) is 137 Å². The molecule has 13 aliphatic rings. The van der Waals surface area contributed by atoms with Crippen molar-refractivity contribution in [1.82, 2.24) is 101 Å². The number of unbranched alkanes of at least 4 members (excludes halogenated alkanes) is 1. The number of carbonyl (C=O) groups excluding carboxylic acids is 20. The van der Waals surface area contributed by atoms with Gasteiger partial charge in [0.25, 0.3) is 0 Å². The number of β-amino-alcohol motifs (C(OH)–C–C–N with tert-alkyl or cyclic N) is 6. The van der Waals surface area contributed by atoms with E-state index in [-0.39, 0.29) is 156 Å². The Kier molecular flexibility index (Phi) is 33.3. The van der Waals surface area contributed by atoms with Gasteiger partial charge in [-0.1, -0.05) is 6.42 Å². The minimum Gasteiger partial charge on any atom is -0.480 e. The molecule has 744 valence electrons. The zero-order valence-electron chi connectivity index (χ0n) is 75.3. The van der Waals surface area contributed by atoms with Crippen LogP contribution in [-0.2, 0) is 101 Å². The SMILES string of the molecule is NCCCC[C@H](N)C(=O)N1CCC[C@H]1C(=O)NCC(=O)N1C[C@H](O)C[C@H]1C(=O)N1CCC[C@H]1C(=O)NCC(=O)N1C[C@H](O)C[C@H]1C(=O)N1CCC[C@H]1C(=O)NCC(=O)N1C[C@H](O)C[C@H]1C(=O)N1CCC[C@H]1C(=O)NCC(=O)N1C[C@H](O)C[C@H]1C(=O)N1CCC[C@H]1C(=O)NCC(=O)N1C[C@H](O)C[C@H]1C(=O)N1CCC[C@H]1C(=O)NCC(=O)N1C[C@H](O)C[C@H]1C(=O)N1CCC[C@H]1C(=O)NCC(=O)O. The monoisotopic (exact) mass is 1900 g/mol. The molecule has 135 heavy (non-hydrogen) atoms. The molecule has 0 aliphatic carbocycles. The van der Waals surface area contributed by atoms with Gasteiger partial charge in [-0.05, 0) is 109 Å². The van der Waals surface area contributed by atoms with Gasteiger partial charge in [0.2, 0.25) is 118 Å². The number of aliphatic carboxylic acids is 1. The van der Waals surface area contributed by atoms with E-state index in [0.717, 1.165) is 29.4 Å². The number of carboxylic acid groups (broad SMARTS) is 1. The third kappa shape index (κ3) is 23.0. The number of likely N-dealkylation sites (tertiary alicyclic amines) is 13. The first-order valence-electron chi connectivity index (χ1n) is 47.0. The van der Waals surface area contributed by atoms with Gasteiger partial charge in [-0.3, -0.25) is 101 Å². The van der Waals surface area contributed by atoms with Crippen LogP contribution in [0.3, 0.4) is 0 Å². The molecule has 0 aromatic rings. The first-order valence-corrected chi connectivity index (χ1v) is 47.0. The zero-order valence-corrected chi connectivity index (χ0v) is 75.3. The minimum absolute atomic E-state index is 0.0198. The predicted octanol–water partition coefficient (Wildman–Crippen LogP) is -13.0. The van der Waals surface area contributed by atoms with Crippen LogP contribution < -0.4 is 48.7 Å². The van der Waals surface area contributed by atoms with Crippen molar-refractivity contribution in [2.45, 2.75) is 269 Å². The van der Waals surface area contributed by atoms with Crippen LogP contribution >= 0.6 is 0 Å². The number of aliphatic hydroxyl groups is 6. The van der Waals surface area contributed by atoms with Gasteiger partial charge in [0.05, 0.1) is 81.9 Å². The summed E-state index contributed by atoms with van der Waals surface area (Å²) in [5, 5.41) is 91.5. The third-order valence-electron chi connectivity index (χ3n) is 28.4. The highest BCUT2D eigenvalue weighted by atomic mass is 16.4. The Morgan fingerprint density at radius 1 is 0.252 bits per heavy atom. The molecule has 0 bridgehead atoms.